The van der Waals surface area contributed by atoms with E-state index >= 15 is 0 Å². The van der Waals surface area contributed by atoms with Crippen LogP contribution in [0.2, 0.25) is 0 Å². The van der Waals surface area contributed by atoms with Gasteiger partial charge in [-0.2, -0.15) is 0 Å². The first-order valence-electron chi connectivity index (χ1n) is 7.88. The zero-order chi connectivity index (χ0) is 17.9. The average molecular weight is 414 g/mol. The minimum absolute atomic E-state index is 0.0205. The molecule has 134 valence electrons. The maximum atomic E-state index is 12.5. The van der Waals surface area contributed by atoms with Gasteiger partial charge in [0.25, 0.3) is 0 Å². The van der Waals surface area contributed by atoms with E-state index in [-0.39, 0.29) is 24.1 Å². The lowest BCUT2D eigenvalue weighted by Crippen LogP contribution is -2.50. The number of carbonyl (C=O) groups is 2. The van der Waals surface area contributed by atoms with Crippen LogP contribution in [0.15, 0.2) is 10.6 Å². The summed E-state index contributed by atoms with van der Waals surface area (Å²) in [6, 6.07) is -0.462. The number of nitrogens with zero attached hydrogens (tertiary/aromatic N) is 3. The van der Waals surface area contributed by atoms with Crippen molar-refractivity contribution in [3.05, 3.63) is 21.9 Å². The number of hydrogen-bond donors (Lipinski definition) is 0. The molecule has 3 aliphatic rings. The van der Waals surface area contributed by atoms with E-state index in [9.17, 15) is 9.59 Å². The van der Waals surface area contributed by atoms with Crippen molar-refractivity contribution in [1.82, 2.24) is 15.0 Å². The van der Waals surface area contributed by atoms with E-state index in [2.05, 4.69) is 26.2 Å². The van der Waals surface area contributed by atoms with Gasteiger partial charge in [0.2, 0.25) is 5.69 Å². The van der Waals surface area contributed by atoms with Gasteiger partial charge in [-0.25, -0.2) is 14.3 Å². The van der Waals surface area contributed by atoms with Gasteiger partial charge in [0.15, 0.2) is 17.6 Å². The molecule has 0 unspecified atom stereocenters. The Bertz CT molecular complexity index is 788. The van der Waals surface area contributed by atoms with Crippen LogP contribution < -0.4 is 0 Å². The lowest BCUT2D eigenvalue weighted by molar-refractivity contribution is -0.156. The molecule has 1 aromatic heterocycles. The number of carbonyl (C=O) groups excluding carboxylic acids is 2. The van der Waals surface area contributed by atoms with Crippen LogP contribution in [0, 0.1) is 0 Å². The number of esters is 2. The normalized spacial score (nSPS) is 32.2. The minimum atomic E-state index is -0.803. The summed E-state index contributed by atoms with van der Waals surface area (Å²) in [4.78, 5) is 24.5. The Morgan fingerprint density at radius 2 is 2.16 bits per heavy atom. The van der Waals surface area contributed by atoms with E-state index in [1.165, 1.54) is 4.68 Å². The third-order valence-electron chi connectivity index (χ3n) is 4.27. The van der Waals surface area contributed by atoms with Gasteiger partial charge in [0.1, 0.15) is 18.2 Å². The molecule has 0 radical (unpaired) electrons. The van der Waals surface area contributed by atoms with Crippen LogP contribution in [0.3, 0.4) is 0 Å². The lowest BCUT2D eigenvalue weighted by Gasteiger charge is -2.38. The van der Waals surface area contributed by atoms with Gasteiger partial charge in [0.05, 0.1) is 6.61 Å². The van der Waals surface area contributed by atoms with Gasteiger partial charge in [-0.15, -0.1) is 5.10 Å². The summed E-state index contributed by atoms with van der Waals surface area (Å²) in [7, 11) is 0. The molecule has 0 aromatic carbocycles. The van der Waals surface area contributed by atoms with Gasteiger partial charge in [-0.3, -0.25) is 0 Å². The molecule has 2 aliphatic heterocycles. The summed E-state index contributed by atoms with van der Waals surface area (Å²) in [5.74, 6) is -2.20. The second-order valence-electron chi connectivity index (χ2n) is 6.38. The Hall–Kier alpha value is -1.78. The molecule has 0 saturated carbocycles. The first-order valence-corrected chi connectivity index (χ1v) is 8.68. The number of hydrogen-bond acceptors (Lipinski definition) is 8. The van der Waals surface area contributed by atoms with E-state index in [4.69, 9.17) is 18.9 Å². The molecular weight excluding hydrogens is 398 g/mol. The van der Waals surface area contributed by atoms with Crippen LogP contribution in [0.5, 0.6) is 0 Å². The molecular formula is C15H16BrN3O6. The molecule has 0 N–H and O–H groups in total. The average Bonchev–Trinajstić information content (AvgIpc) is 3.11. The highest BCUT2D eigenvalue weighted by molar-refractivity contribution is 9.11. The Labute approximate surface area is 151 Å². The SMILES string of the molecule is CCOC(=O)c1nnn2c1C(=O)O[C@H]1[C@@H]3OC(C)(C)O[C@@H]3C(Br)=C[C@@H]12. The fourth-order valence-electron chi connectivity index (χ4n) is 3.35. The standard InChI is InChI=1S/C15H16BrN3O6/c1-4-22-13(20)8-9-14(21)23-11-7(19(9)18-17-8)5-6(16)10-12(11)25-15(2,3)24-10/h5,7,10-12H,4H2,1-3H3/t7-,10+,11+,12+/m0/s1. The second-order valence-corrected chi connectivity index (χ2v) is 7.30. The van der Waals surface area contributed by atoms with E-state index in [0.29, 0.717) is 0 Å². The Morgan fingerprint density at radius 3 is 2.88 bits per heavy atom. The van der Waals surface area contributed by atoms with Crippen molar-refractivity contribution in [1.29, 1.82) is 0 Å². The van der Waals surface area contributed by atoms with E-state index in [0.717, 1.165) is 4.48 Å². The molecule has 3 heterocycles. The first-order chi connectivity index (χ1) is 11.8. The molecule has 0 bridgehead atoms. The van der Waals surface area contributed by atoms with Crippen LogP contribution in [0.4, 0.5) is 0 Å². The van der Waals surface area contributed by atoms with Crippen LogP contribution in [-0.4, -0.2) is 57.6 Å². The van der Waals surface area contributed by atoms with Crippen molar-refractivity contribution in [3.63, 3.8) is 0 Å². The maximum absolute atomic E-state index is 12.5. The summed E-state index contributed by atoms with van der Waals surface area (Å²) in [5, 5.41) is 7.80. The predicted molar refractivity (Wildman–Crippen MR) is 85.1 cm³/mol. The molecule has 25 heavy (non-hydrogen) atoms. The van der Waals surface area contributed by atoms with E-state index in [1.807, 2.05) is 6.08 Å². The summed E-state index contributed by atoms with van der Waals surface area (Å²) in [5.41, 5.74) is -0.172. The molecule has 0 amide bonds. The number of aromatic nitrogens is 3. The highest BCUT2D eigenvalue weighted by Gasteiger charge is 2.55. The van der Waals surface area contributed by atoms with E-state index < -0.39 is 36.0 Å². The molecule has 1 aliphatic carbocycles. The van der Waals surface area contributed by atoms with Crippen LogP contribution in [0.25, 0.3) is 0 Å². The Balaban J connectivity index is 1.76. The van der Waals surface area contributed by atoms with Gasteiger partial charge < -0.3 is 18.9 Å². The molecule has 0 spiro atoms. The quantitative estimate of drug-likeness (QED) is 0.669. The van der Waals surface area contributed by atoms with E-state index in [1.54, 1.807) is 20.8 Å². The number of rotatable bonds is 2. The number of ether oxygens (including phenoxy) is 4. The van der Waals surface area contributed by atoms with Gasteiger partial charge in [-0.1, -0.05) is 21.1 Å². The zero-order valence-corrected chi connectivity index (χ0v) is 15.3. The monoisotopic (exact) mass is 413 g/mol. The maximum Gasteiger partial charge on any atom is 0.361 e. The molecule has 9 nitrogen and oxygen atoms in total. The summed E-state index contributed by atoms with van der Waals surface area (Å²) >= 11 is 3.50. The fourth-order valence-corrected chi connectivity index (χ4v) is 3.97. The smallest absolute Gasteiger partial charge is 0.361 e. The fraction of sp³-hybridized carbons (Fsp3) is 0.600. The second kappa shape index (κ2) is 5.61. The van der Waals surface area contributed by atoms with Gasteiger partial charge in [-0.05, 0) is 26.8 Å². The largest absolute Gasteiger partial charge is 0.461 e. The van der Waals surface area contributed by atoms with Crippen LogP contribution in [-0.2, 0) is 18.9 Å². The van der Waals surface area contributed by atoms with Crippen LogP contribution >= 0.6 is 15.9 Å². The van der Waals surface area contributed by atoms with Crippen molar-refractivity contribution in [2.75, 3.05) is 6.61 Å². The predicted octanol–water partition coefficient (Wildman–Crippen LogP) is 1.35. The van der Waals surface area contributed by atoms with Gasteiger partial charge >= 0.3 is 11.9 Å². The van der Waals surface area contributed by atoms with Crippen molar-refractivity contribution >= 4 is 27.9 Å². The number of halogens is 1. The van der Waals surface area contributed by atoms with Crippen LogP contribution in [0.1, 0.15) is 47.8 Å². The lowest BCUT2D eigenvalue weighted by atomic mass is 9.92. The summed E-state index contributed by atoms with van der Waals surface area (Å²) in [6.45, 7) is 5.43. The molecule has 1 saturated heterocycles. The third kappa shape index (κ3) is 2.51. The molecule has 10 heteroatoms. The zero-order valence-electron chi connectivity index (χ0n) is 13.8. The summed E-state index contributed by atoms with van der Waals surface area (Å²) in [6.07, 6.45) is 0.325. The first kappa shape index (κ1) is 16.7. The summed E-state index contributed by atoms with van der Waals surface area (Å²) < 4.78 is 24.4. The van der Waals surface area contributed by atoms with Crippen molar-refractivity contribution in [2.45, 2.75) is 50.9 Å². The van der Waals surface area contributed by atoms with Crippen molar-refractivity contribution < 1.29 is 28.5 Å². The van der Waals surface area contributed by atoms with Gasteiger partial charge in [0, 0.05) is 4.48 Å². The third-order valence-corrected chi connectivity index (χ3v) is 4.99. The van der Waals surface area contributed by atoms with Crippen molar-refractivity contribution in [2.24, 2.45) is 0 Å². The highest BCUT2D eigenvalue weighted by Crippen LogP contribution is 2.45. The Kier molecular flexibility index (Phi) is 3.74. The van der Waals surface area contributed by atoms with Crippen molar-refractivity contribution in [3.8, 4) is 0 Å². The number of fused-ring (bicyclic) bond motifs is 5. The molecule has 1 fully saturated rings. The Morgan fingerprint density at radius 1 is 1.40 bits per heavy atom. The minimum Gasteiger partial charge on any atom is -0.461 e. The molecule has 1 aromatic rings. The molecule has 4 atom stereocenters. The highest BCUT2D eigenvalue weighted by atomic mass is 79.9. The topological polar surface area (TPSA) is 102 Å². The molecule has 4 rings (SSSR count).